The second-order valence-electron chi connectivity index (χ2n) is 11.8. The fraction of sp³-hybridized carbons (Fsp3) is 0.742. The Hall–Kier alpha value is -2.08. The largest absolute Gasteiger partial charge is 0.506 e. The first-order valence-electron chi connectivity index (χ1n) is 14.1. The molecule has 1 rings (SSSR count). The van der Waals surface area contributed by atoms with E-state index in [4.69, 9.17) is 9.47 Å². The van der Waals surface area contributed by atoms with E-state index < -0.39 is 23.3 Å². The summed E-state index contributed by atoms with van der Waals surface area (Å²) in [5, 5.41) is 21.7. The Morgan fingerprint density at radius 3 is 1.84 bits per heavy atom. The van der Waals surface area contributed by atoms with Gasteiger partial charge in [-0.05, 0) is 62.0 Å². The molecule has 0 saturated carbocycles. The monoisotopic (exact) mass is 520 g/mol. The predicted molar refractivity (Wildman–Crippen MR) is 149 cm³/mol. The van der Waals surface area contributed by atoms with Gasteiger partial charge >= 0.3 is 11.9 Å². The third kappa shape index (κ3) is 11.5. The molecule has 37 heavy (non-hydrogen) atoms. The van der Waals surface area contributed by atoms with Crippen LogP contribution in [0, 0.1) is 24.7 Å². The normalized spacial score (nSPS) is 14.8. The molecule has 1 aromatic carbocycles. The molecule has 1 aromatic rings. The molecule has 0 heterocycles. The summed E-state index contributed by atoms with van der Waals surface area (Å²) >= 11 is 0. The molecular formula is C31H52O6. The summed E-state index contributed by atoms with van der Waals surface area (Å²) in [6.07, 6.45) is 11.3. The highest BCUT2D eigenvalue weighted by Gasteiger charge is 2.28. The number of hydrogen-bond acceptors (Lipinski definition) is 6. The van der Waals surface area contributed by atoms with Gasteiger partial charge in [-0.15, -0.1) is 0 Å². The number of ether oxygens (including phenoxy) is 2. The number of benzene rings is 1. The molecule has 6 nitrogen and oxygen atoms in total. The van der Waals surface area contributed by atoms with Crippen molar-refractivity contribution in [2.75, 3.05) is 14.2 Å². The van der Waals surface area contributed by atoms with Gasteiger partial charge < -0.3 is 19.7 Å². The fourth-order valence-electron chi connectivity index (χ4n) is 5.09. The lowest BCUT2D eigenvalue weighted by atomic mass is 9.86. The molecular weight excluding hydrogens is 468 g/mol. The molecule has 0 spiro atoms. The van der Waals surface area contributed by atoms with E-state index >= 15 is 0 Å². The zero-order chi connectivity index (χ0) is 28.2. The summed E-state index contributed by atoms with van der Waals surface area (Å²) in [4.78, 5) is 24.5. The van der Waals surface area contributed by atoms with E-state index in [2.05, 4.69) is 27.7 Å². The smallest absolute Gasteiger partial charge is 0.341 e. The highest BCUT2D eigenvalue weighted by Crippen LogP contribution is 2.33. The van der Waals surface area contributed by atoms with Crippen LogP contribution in [0.4, 0.5) is 0 Å². The number of carbonyl (C=O) groups is 2. The van der Waals surface area contributed by atoms with Crippen molar-refractivity contribution in [3.63, 3.8) is 0 Å². The highest BCUT2D eigenvalue weighted by atomic mass is 16.5. The molecule has 0 fully saturated rings. The summed E-state index contributed by atoms with van der Waals surface area (Å²) < 4.78 is 9.60. The van der Waals surface area contributed by atoms with Gasteiger partial charge in [0.05, 0.1) is 19.8 Å². The molecule has 2 N–H and O–H groups in total. The third-order valence-corrected chi connectivity index (χ3v) is 7.58. The zero-order valence-corrected chi connectivity index (χ0v) is 24.6. The van der Waals surface area contributed by atoms with Gasteiger partial charge in [-0.1, -0.05) is 85.1 Å². The van der Waals surface area contributed by atoms with Crippen LogP contribution in [-0.2, 0) is 15.9 Å². The van der Waals surface area contributed by atoms with Crippen LogP contribution in [0.1, 0.15) is 131 Å². The van der Waals surface area contributed by atoms with Gasteiger partial charge in [0.1, 0.15) is 16.9 Å². The predicted octanol–water partition coefficient (Wildman–Crippen LogP) is 7.40. The molecule has 0 amide bonds. The van der Waals surface area contributed by atoms with Crippen LogP contribution in [0.15, 0.2) is 6.07 Å². The van der Waals surface area contributed by atoms with Gasteiger partial charge in [0.25, 0.3) is 0 Å². The SMILES string of the molecule is COC(=O)c1c(C)cc(CCC(C)(O)CCCC(C)CCCC(C)CCCC(C)C)c(C(=O)OC)c1O. The molecule has 6 heteroatoms. The number of methoxy groups -OCH3 is 2. The van der Waals surface area contributed by atoms with Crippen molar-refractivity contribution < 1.29 is 29.3 Å². The van der Waals surface area contributed by atoms with Crippen LogP contribution in [0.5, 0.6) is 5.75 Å². The van der Waals surface area contributed by atoms with Crippen LogP contribution in [0.2, 0.25) is 0 Å². The molecule has 0 aliphatic heterocycles. The van der Waals surface area contributed by atoms with Crippen molar-refractivity contribution in [2.45, 2.75) is 118 Å². The highest BCUT2D eigenvalue weighted by molar-refractivity contribution is 6.02. The number of hydrogen-bond donors (Lipinski definition) is 2. The van der Waals surface area contributed by atoms with Crippen molar-refractivity contribution in [3.05, 3.63) is 28.3 Å². The van der Waals surface area contributed by atoms with Crippen molar-refractivity contribution in [2.24, 2.45) is 17.8 Å². The molecule has 0 bridgehead atoms. The maximum absolute atomic E-state index is 12.4. The number of rotatable bonds is 17. The number of aliphatic hydroxyl groups is 1. The van der Waals surface area contributed by atoms with E-state index in [0.717, 1.165) is 24.7 Å². The Bertz CT molecular complexity index is 858. The maximum atomic E-state index is 12.4. The van der Waals surface area contributed by atoms with Crippen LogP contribution >= 0.6 is 0 Å². The van der Waals surface area contributed by atoms with E-state index in [1.807, 2.05) is 6.92 Å². The van der Waals surface area contributed by atoms with E-state index in [1.165, 1.54) is 52.7 Å². The zero-order valence-electron chi connectivity index (χ0n) is 24.6. The van der Waals surface area contributed by atoms with Crippen molar-refractivity contribution in [1.82, 2.24) is 0 Å². The Labute approximate surface area is 225 Å². The van der Waals surface area contributed by atoms with Gasteiger partial charge in [-0.3, -0.25) is 0 Å². The minimum absolute atomic E-state index is 0.0441. The van der Waals surface area contributed by atoms with Crippen molar-refractivity contribution >= 4 is 11.9 Å². The minimum atomic E-state index is -0.900. The topological polar surface area (TPSA) is 93.1 Å². The first kappa shape index (κ1) is 32.9. The summed E-state index contributed by atoms with van der Waals surface area (Å²) in [7, 11) is 2.45. The average molecular weight is 521 g/mol. The van der Waals surface area contributed by atoms with E-state index in [9.17, 15) is 19.8 Å². The molecule has 3 unspecified atom stereocenters. The number of phenolic OH excluding ortho intramolecular Hbond substituents is 1. The quantitative estimate of drug-likeness (QED) is 0.208. The first-order chi connectivity index (χ1) is 17.3. The van der Waals surface area contributed by atoms with Crippen LogP contribution in [-0.4, -0.2) is 42.0 Å². The van der Waals surface area contributed by atoms with Crippen molar-refractivity contribution in [3.8, 4) is 5.75 Å². The summed E-state index contributed by atoms with van der Waals surface area (Å²) in [5.41, 5.74) is 0.0665. The van der Waals surface area contributed by atoms with E-state index in [-0.39, 0.29) is 11.1 Å². The second-order valence-corrected chi connectivity index (χ2v) is 11.8. The Balaban J connectivity index is 2.60. The van der Waals surface area contributed by atoms with E-state index in [1.54, 1.807) is 13.0 Å². The van der Waals surface area contributed by atoms with Gasteiger partial charge in [0.2, 0.25) is 0 Å². The molecule has 0 aromatic heterocycles. The average Bonchev–Trinajstić information content (AvgIpc) is 2.81. The Morgan fingerprint density at radius 1 is 0.838 bits per heavy atom. The van der Waals surface area contributed by atoms with Gasteiger partial charge in [0.15, 0.2) is 0 Å². The van der Waals surface area contributed by atoms with Crippen LogP contribution in [0.25, 0.3) is 0 Å². The fourth-order valence-corrected chi connectivity index (χ4v) is 5.09. The standard InChI is InChI=1S/C31H52O6/c1-21(2)12-9-13-22(3)14-10-15-23(4)16-11-18-31(6,35)19-17-25-20-24(5)26(29(33)36-7)28(32)27(25)30(34)37-8/h20-23,32,35H,9-19H2,1-8H3. The maximum Gasteiger partial charge on any atom is 0.341 e. The first-order valence-corrected chi connectivity index (χ1v) is 14.1. The Kier molecular flexibility index (Phi) is 14.3. The second kappa shape index (κ2) is 16.0. The van der Waals surface area contributed by atoms with Gasteiger partial charge in [0, 0.05) is 0 Å². The molecule has 212 valence electrons. The molecule has 0 radical (unpaired) electrons. The third-order valence-electron chi connectivity index (χ3n) is 7.58. The van der Waals surface area contributed by atoms with Crippen LogP contribution in [0.3, 0.4) is 0 Å². The summed E-state index contributed by atoms with van der Waals surface area (Å²) in [6, 6.07) is 1.69. The summed E-state index contributed by atoms with van der Waals surface area (Å²) in [5.74, 6) is 0.356. The lowest BCUT2D eigenvalue weighted by molar-refractivity contribution is 0.0381. The number of phenols is 1. The Morgan fingerprint density at radius 2 is 1.32 bits per heavy atom. The van der Waals surface area contributed by atoms with E-state index in [0.29, 0.717) is 36.3 Å². The molecule has 0 aliphatic rings. The minimum Gasteiger partial charge on any atom is -0.506 e. The number of aromatic hydroxyl groups is 1. The van der Waals surface area contributed by atoms with Crippen LogP contribution < -0.4 is 0 Å². The molecule has 3 atom stereocenters. The lowest BCUT2D eigenvalue weighted by Gasteiger charge is -2.25. The van der Waals surface area contributed by atoms with Gasteiger partial charge in [-0.25, -0.2) is 9.59 Å². The summed E-state index contributed by atoms with van der Waals surface area (Å²) in [6.45, 7) is 12.8. The number of esters is 2. The van der Waals surface area contributed by atoms with Gasteiger partial charge in [-0.2, -0.15) is 0 Å². The molecule has 0 aliphatic carbocycles. The van der Waals surface area contributed by atoms with Crippen molar-refractivity contribution in [1.29, 1.82) is 0 Å². The lowest BCUT2D eigenvalue weighted by Crippen LogP contribution is -2.25. The number of carbonyl (C=O) groups excluding carboxylic acids is 2. The number of aryl methyl sites for hydroxylation is 2. The molecule has 0 saturated heterocycles.